The van der Waals surface area contributed by atoms with Gasteiger partial charge in [-0.3, -0.25) is 9.78 Å². The van der Waals surface area contributed by atoms with Gasteiger partial charge in [-0.05, 0) is 61.2 Å². The Hall–Kier alpha value is -3.87. The summed E-state index contributed by atoms with van der Waals surface area (Å²) in [6, 6.07) is 18.1. The quantitative estimate of drug-likeness (QED) is 0.533. The van der Waals surface area contributed by atoms with Crippen molar-refractivity contribution in [2.24, 2.45) is 0 Å². The lowest BCUT2D eigenvalue weighted by Gasteiger charge is -2.30. The zero-order chi connectivity index (χ0) is 22.2. The van der Waals surface area contributed by atoms with Crippen molar-refractivity contribution in [3.05, 3.63) is 84.2 Å². The van der Waals surface area contributed by atoms with Crippen molar-refractivity contribution in [1.82, 2.24) is 10.3 Å². The molecule has 3 N–H and O–H groups in total. The van der Waals surface area contributed by atoms with E-state index < -0.39 is 0 Å². The standard InChI is InChI=1S/C25H27N5O2/c31-24(27-18-19-8-7-13-26-17-19)22-16-21(11-12-23(22)30-14-5-2-6-15-30)29-25(32)28-20-9-3-1-4-10-20/h1,3-4,7-13,16-17H,2,5-6,14-15,18H2,(H,27,31)(H2,28,29,32). The maximum atomic E-state index is 13.1. The molecule has 32 heavy (non-hydrogen) atoms. The van der Waals surface area contributed by atoms with Gasteiger partial charge in [-0.1, -0.05) is 24.3 Å². The van der Waals surface area contributed by atoms with E-state index in [2.05, 4.69) is 25.8 Å². The third kappa shape index (κ3) is 5.63. The monoisotopic (exact) mass is 429 g/mol. The van der Waals surface area contributed by atoms with Crippen LogP contribution in [0.15, 0.2) is 73.1 Å². The summed E-state index contributed by atoms with van der Waals surface area (Å²) >= 11 is 0. The number of amides is 3. The molecule has 0 unspecified atom stereocenters. The molecule has 3 amide bonds. The van der Waals surface area contributed by atoms with E-state index in [9.17, 15) is 9.59 Å². The Morgan fingerprint density at radius 3 is 2.41 bits per heavy atom. The number of hydrogen-bond donors (Lipinski definition) is 3. The first kappa shape index (κ1) is 21.4. The summed E-state index contributed by atoms with van der Waals surface area (Å²) in [6.07, 6.45) is 6.86. The Balaban J connectivity index is 1.52. The molecule has 1 aliphatic rings. The van der Waals surface area contributed by atoms with Crippen LogP contribution >= 0.6 is 0 Å². The lowest BCUT2D eigenvalue weighted by atomic mass is 10.1. The predicted octanol–water partition coefficient (Wildman–Crippen LogP) is 4.65. The third-order valence-electron chi connectivity index (χ3n) is 5.40. The Labute approximate surface area is 187 Å². The number of nitrogens with zero attached hydrogens (tertiary/aromatic N) is 2. The van der Waals surface area contributed by atoms with Crippen molar-refractivity contribution in [2.45, 2.75) is 25.8 Å². The van der Waals surface area contributed by atoms with E-state index in [4.69, 9.17) is 0 Å². The number of rotatable bonds is 6. The van der Waals surface area contributed by atoms with Crippen LogP contribution in [0.5, 0.6) is 0 Å². The fraction of sp³-hybridized carbons (Fsp3) is 0.240. The Bertz CT molecular complexity index is 1050. The van der Waals surface area contributed by atoms with Gasteiger partial charge in [0.1, 0.15) is 0 Å². The average Bonchev–Trinajstić information content (AvgIpc) is 2.84. The van der Waals surface area contributed by atoms with E-state index in [0.29, 0.717) is 23.5 Å². The highest BCUT2D eigenvalue weighted by molar-refractivity contribution is 6.04. The second-order valence-corrected chi connectivity index (χ2v) is 7.77. The smallest absolute Gasteiger partial charge is 0.323 e. The lowest BCUT2D eigenvalue weighted by molar-refractivity contribution is 0.0951. The van der Waals surface area contributed by atoms with Crippen LogP contribution in [0.25, 0.3) is 0 Å². The van der Waals surface area contributed by atoms with Crippen LogP contribution in [0.1, 0.15) is 35.2 Å². The summed E-state index contributed by atoms with van der Waals surface area (Å²) in [5.41, 5.74) is 3.63. The number of carbonyl (C=O) groups excluding carboxylic acids is 2. The second kappa shape index (κ2) is 10.4. The van der Waals surface area contributed by atoms with Crippen molar-refractivity contribution in [3.8, 4) is 0 Å². The van der Waals surface area contributed by atoms with Gasteiger partial charge in [0.05, 0.1) is 5.56 Å². The van der Waals surface area contributed by atoms with Crippen molar-refractivity contribution in [3.63, 3.8) is 0 Å². The number of piperidine rings is 1. The van der Waals surface area contributed by atoms with Crippen molar-refractivity contribution < 1.29 is 9.59 Å². The van der Waals surface area contributed by atoms with Gasteiger partial charge in [0.15, 0.2) is 0 Å². The van der Waals surface area contributed by atoms with E-state index >= 15 is 0 Å². The molecule has 0 spiro atoms. The van der Waals surface area contributed by atoms with Crippen LogP contribution in [-0.2, 0) is 6.54 Å². The van der Waals surface area contributed by atoms with Crippen LogP contribution in [-0.4, -0.2) is 30.0 Å². The molecule has 7 nitrogen and oxygen atoms in total. The molecule has 4 rings (SSSR count). The number of benzene rings is 2. The van der Waals surface area contributed by atoms with Crippen LogP contribution in [0, 0.1) is 0 Å². The minimum Gasteiger partial charge on any atom is -0.371 e. The summed E-state index contributed by atoms with van der Waals surface area (Å²) in [5.74, 6) is -0.179. The molecule has 1 aromatic heterocycles. The average molecular weight is 430 g/mol. The van der Waals surface area contributed by atoms with E-state index in [1.165, 1.54) is 6.42 Å². The van der Waals surface area contributed by atoms with Gasteiger partial charge in [-0.2, -0.15) is 0 Å². The summed E-state index contributed by atoms with van der Waals surface area (Å²) < 4.78 is 0. The summed E-state index contributed by atoms with van der Waals surface area (Å²) in [4.78, 5) is 31.9. The van der Waals surface area contributed by atoms with Crippen LogP contribution in [0.3, 0.4) is 0 Å². The van der Waals surface area contributed by atoms with E-state index in [0.717, 1.165) is 37.2 Å². The number of pyridine rings is 1. The number of carbonyl (C=O) groups is 2. The normalized spacial score (nSPS) is 13.3. The molecule has 1 saturated heterocycles. The topological polar surface area (TPSA) is 86.4 Å². The molecular weight excluding hydrogens is 402 g/mol. The van der Waals surface area contributed by atoms with Gasteiger partial charge < -0.3 is 20.9 Å². The third-order valence-corrected chi connectivity index (χ3v) is 5.40. The zero-order valence-corrected chi connectivity index (χ0v) is 17.9. The summed E-state index contributed by atoms with van der Waals surface area (Å²) in [5, 5.41) is 8.61. The van der Waals surface area contributed by atoms with E-state index in [-0.39, 0.29) is 11.9 Å². The molecule has 0 aliphatic carbocycles. The first-order valence-electron chi connectivity index (χ1n) is 10.9. The molecule has 0 radical (unpaired) electrons. The van der Waals surface area contributed by atoms with Gasteiger partial charge in [-0.15, -0.1) is 0 Å². The van der Waals surface area contributed by atoms with Gasteiger partial charge in [0.2, 0.25) is 0 Å². The molecule has 1 fully saturated rings. The SMILES string of the molecule is O=C(Nc1ccccc1)Nc1ccc(N2CCCCC2)c(C(=O)NCc2cccnc2)c1. The summed E-state index contributed by atoms with van der Waals surface area (Å²) in [7, 11) is 0. The van der Waals surface area contributed by atoms with Crippen LogP contribution in [0.4, 0.5) is 21.9 Å². The predicted molar refractivity (Wildman–Crippen MR) is 127 cm³/mol. The van der Waals surface area contributed by atoms with Crippen molar-refractivity contribution in [1.29, 1.82) is 0 Å². The van der Waals surface area contributed by atoms with Gasteiger partial charge in [0, 0.05) is 49.1 Å². The van der Waals surface area contributed by atoms with Crippen molar-refractivity contribution in [2.75, 3.05) is 28.6 Å². The molecule has 1 aliphatic heterocycles. The first-order chi connectivity index (χ1) is 15.7. The van der Waals surface area contributed by atoms with Gasteiger partial charge in [0.25, 0.3) is 5.91 Å². The molecular formula is C25H27N5O2. The minimum absolute atomic E-state index is 0.179. The van der Waals surface area contributed by atoms with E-state index in [1.807, 2.05) is 54.6 Å². The highest BCUT2D eigenvalue weighted by Crippen LogP contribution is 2.27. The molecule has 7 heteroatoms. The maximum absolute atomic E-state index is 13.1. The number of urea groups is 1. The largest absolute Gasteiger partial charge is 0.371 e. The molecule has 164 valence electrons. The minimum atomic E-state index is -0.358. The number of aromatic nitrogens is 1. The fourth-order valence-corrected chi connectivity index (χ4v) is 3.80. The zero-order valence-electron chi connectivity index (χ0n) is 17.9. The maximum Gasteiger partial charge on any atom is 0.323 e. The number of hydrogen-bond acceptors (Lipinski definition) is 4. The molecule has 2 heterocycles. The van der Waals surface area contributed by atoms with Crippen LogP contribution < -0.4 is 20.9 Å². The highest BCUT2D eigenvalue weighted by atomic mass is 16.2. The molecule has 0 saturated carbocycles. The second-order valence-electron chi connectivity index (χ2n) is 7.77. The Kier molecular flexibility index (Phi) is 6.97. The first-order valence-corrected chi connectivity index (χ1v) is 10.9. The molecule has 0 bridgehead atoms. The van der Waals surface area contributed by atoms with E-state index in [1.54, 1.807) is 18.5 Å². The fourth-order valence-electron chi connectivity index (χ4n) is 3.80. The lowest BCUT2D eigenvalue weighted by Crippen LogP contribution is -2.33. The van der Waals surface area contributed by atoms with Gasteiger partial charge >= 0.3 is 6.03 Å². The summed E-state index contributed by atoms with van der Waals surface area (Å²) in [6.45, 7) is 2.23. The number of nitrogens with one attached hydrogen (secondary N) is 3. The molecule has 0 atom stereocenters. The van der Waals surface area contributed by atoms with Crippen LogP contribution in [0.2, 0.25) is 0 Å². The Morgan fingerprint density at radius 1 is 0.875 bits per heavy atom. The Morgan fingerprint density at radius 2 is 1.66 bits per heavy atom. The number of para-hydroxylation sites is 1. The molecule has 3 aromatic rings. The molecule has 2 aromatic carbocycles. The van der Waals surface area contributed by atoms with Gasteiger partial charge in [-0.25, -0.2) is 4.79 Å². The number of anilines is 3. The highest BCUT2D eigenvalue weighted by Gasteiger charge is 2.19. The van der Waals surface area contributed by atoms with Crippen molar-refractivity contribution >= 4 is 29.0 Å².